The normalized spacial score (nSPS) is 23.8. The molecule has 0 spiro atoms. The molecule has 0 unspecified atom stereocenters. The number of nitriles is 1. The maximum atomic E-state index is 12.5. The monoisotopic (exact) mass is 331 g/mol. The van der Waals surface area contributed by atoms with Crippen molar-refractivity contribution in [3.63, 3.8) is 0 Å². The molecule has 1 aliphatic rings. The van der Waals surface area contributed by atoms with Gasteiger partial charge in [-0.25, -0.2) is 0 Å². The van der Waals surface area contributed by atoms with E-state index in [1.54, 1.807) is 14.0 Å². The van der Waals surface area contributed by atoms with Gasteiger partial charge in [-0.3, -0.25) is 4.79 Å². The zero-order valence-corrected chi connectivity index (χ0v) is 14.8. The Balaban J connectivity index is 2.61. The number of hydrogen-bond acceptors (Lipinski definition) is 5. The van der Waals surface area contributed by atoms with Crippen molar-refractivity contribution in [2.24, 2.45) is 5.92 Å². The maximum Gasteiger partial charge on any atom is 0.324 e. The molecule has 0 aliphatic carbocycles. The highest BCUT2D eigenvalue weighted by atomic mass is 16.5. The smallest absolute Gasteiger partial charge is 0.324 e. The molecule has 1 heterocycles. The molecule has 0 bridgehead atoms. The highest BCUT2D eigenvalue weighted by molar-refractivity contribution is 5.78. The number of ether oxygens (including phenoxy) is 3. The van der Waals surface area contributed by atoms with Crippen LogP contribution in [0.4, 0.5) is 0 Å². The molecule has 1 saturated heterocycles. The van der Waals surface area contributed by atoms with Gasteiger partial charge in [-0.1, -0.05) is 18.2 Å². The van der Waals surface area contributed by atoms with E-state index in [0.717, 1.165) is 5.56 Å². The van der Waals surface area contributed by atoms with E-state index < -0.39 is 22.9 Å². The van der Waals surface area contributed by atoms with E-state index in [2.05, 4.69) is 6.07 Å². The average molecular weight is 331 g/mol. The van der Waals surface area contributed by atoms with E-state index in [-0.39, 0.29) is 6.61 Å². The molecule has 0 amide bonds. The molecular weight excluding hydrogens is 306 g/mol. The minimum Gasteiger partial charge on any atom is -0.496 e. The van der Waals surface area contributed by atoms with E-state index in [4.69, 9.17) is 14.2 Å². The summed E-state index contributed by atoms with van der Waals surface area (Å²) in [5.41, 5.74) is -0.278. The first kappa shape index (κ1) is 18.3. The minimum absolute atomic E-state index is 0.249. The van der Waals surface area contributed by atoms with E-state index in [0.29, 0.717) is 25.2 Å². The Morgan fingerprint density at radius 1 is 1.42 bits per heavy atom. The van der Waals surface area contributed by atoms with Crippen LogP contribution in [0.15, 0.2) is 24.3 Å². The summed E-state index contributed by atoms with van der Waals surface area (Å²) in [5, 5.41) is 9.80. The summed E-state index contributed by atoms with van der Waals surface area (Å²) in [5.74, 6) is -0.708. The number of esters is 1. The fraction of sp³-hybridized carbons (Fsp3) is 0.579. The molecule has 1 aromatic carbocycles. The highest BCUT2D eigenvalue weighted by Crippen LogP contribution is 2.49. The highest BCUT2D eigenvalue weighted by Gasteiger charge is 2.52. The number of rotatable bonds is 5. The van der Waals surface area contributed by atoms with E-state index >= 15 is 0 Å². The van der Waals surface area contributed by atoms with Crippen LogP contribution in [0.1, 0.15) is 39.2 Å². The van der Waals surface area contributed by atoms with Crippen molar-refractivity contribution in [3.8, 4) is 11.8 Å². The fourth-order valence-corrected chi connectivity index (χ4v) is 3.72. The van der Waals surface area contributed by atoms with Gasteiger partial charge in [0.15, 0.2) is 5.92 Å². The maximum absolute atomic E-state index is 12.5. The summed E-state index contributed by atoms with van der Waals surface area (Å²) in [6, 6.07) is 9.78. The zero-order chi connectivity index (χ0) is 17.8. The van der Waals surface area contributed by atoms with Crippen molar-refractivity contribution >= 4 is 5.97 Å². The summed E-state index contributed by atoms with van der Waals surface area (Å²) >= 11 is 0. The largest absolute Gasteiger partial charge is 0.496 e. The van der Waals surface area contributed by atoms with Gasteiger partial charge in [0, 0.05) is 17.6 Å². The molecule has 1 aromatic rings. The predicted molar refractivity (Wildman–Crippen MR) is 89.7 cm³/mol. The van der Waals surface area contributed by atoms with Crippen molar-refractivity contribution in [3.05, 3.63) is 29.8 Å². The predicted octanol–water partition coefficient (Wildman–Crippen LogP) is 3.22. The second kappa shape index (κ2) is 7.23. The number of carbonyl (C=O) groups excluding carboxylic acids is 1. The van der Waals surface area contributed by atoms with Crippen molar-refractivity contribution in [1.82, 2.24) is 0 Å². The first-order valence-corrected chi connectivity index (χ1v) is 8.24. The van der Waals surface area contributed by atoms with Crippen LogP contribution in [0.25, 0.3) is 0 Å². The topological polar surface area (TPSA) is 68.6 Å². The van der Waals surface area contributed by atoms with Crippen molar-refractivity contribution in [2.45, 2.75) is 44.6 Å². The molecule has 130 valence electrons. The minimum atomic E-state index is -0.906. The standard InChI is InChI=1S/C19H25NO4/c1-5-23-17(21)15(12-20)19(10-11-24-18(2,3)13-19)14-8-6-7-9-16(14)22-4/h6-9,15H,5,10-11,13H2,1-4H3/t15-,19-/m1/s1. The molecule has 24 heavy (non-hydrogen) atoms. The van der Waals surface area contributed by atoms with Gasteiger partial charge in [0.25, 0.3) is 0 Å². The summed E-state index contributed by atoms with van der Waals surface area (Å²) in [7, 11) is 1.60. The average Bonchev–Trinajstić information content (AvgIpc) is 2.54. The molecule has 0 radical (unpaired) electrons. The van der Waals surface area contributed by atoms with Gasteiger partial charge in [0.2, 0.25) is 0 Å². The number of benzene rings is 1. The van der Waals surface area contributed by atoms with Crippen molar-refractivity contribution < 1.29 is 19.0 Å². The Kier molecular flexibility index (Phi) is 5.51. The van der Waals surface area contributed by atoms with Crippen molar-refractivity contribution in [2.75, 3.05) is 20.3 Å². The third-order valence-electron chi connectivity index (χ3n) is 4.63. The Bertz CT molecular complexity index is 634. The molecule has 1 aliphatic heterocycles. The SMILES string of the molecule is CCOC(=O)[C@@H](C#N)[C@]1(c2ccccc2OC)CCOC(C)(C)C1. The summed E-state index contributed by atoms with van der Waals surface area (Å²) in [4.78, 5) is 12.5. The van der Waals surface area contributed by atoms with Crippen molar-refractivity contribution in [1.29, 1.82) is 5.26 Å². The Hall–Kier alpha value is -2.06. The lowest BCUT2D eigenvalue weighted by Crippen LogP contribution is -2.50. The number of nitrogens with zero attached hydrogens (tertiary/aromatic N) is 1. The summed E-state index contributed by atoms with van der Waals surface area (Å²) in [6.07, 6.45) is 1.10. The zero-order valence-electron chi connectivity index (χ0n) is 14.8. The first-order valence-electron chi connectivity index (χ1n) is 8.24. The molecule has 0 aromatic heterocycles. The lowest BCUT2D eigenvalue weighted by atomic mass is 9.62. The van der Waals surface area contributed by atoms with E-state index in [1.165, 1.54) is 0 Å². The lowest BCUT2D eigenvalue weighted by molar-refractivity contribution is -0.153. The van der Waals surface area contributed by atoms with Crippen LogP contribution in [0.2, 0.25) is 0 Å². The van der Waals surface area contributed by atoms with Gasteiger partial charge in [-0.2, -0.15) is 5.26 Å². The molecular formula is C19H25NO4. The summed E-state index contributed by atoms with van der Waals surface area (Å²) in [6.45, 7) is 6.43. The van der Waals surface area contributed by atoms with Gasteiger partial charge in [0.1, 0.15) is 5.75 Å². The van der Waals surface area contributed by atoms with Gasteiger partial charge in [-0.05, 0) is 39.7 Å². The number of hydrogen-bond donors (Lipinski definition) is 0. The summed E-state index contributed by atoms with van der Waals surface area (Å²) < 4.78 is 16.6. The van der Waals surface area contributed by atoms with E-state index in [9.17, 15) is 10.1 Å². The van der Waals surface area contributed by atoms with Gasteiger partial charge in [0.05, 0.1) is 25.4 Å². The number of carbonyl (C=O) groups is 1. The van der Waals surface area contributed by atoms with Crippen LogP contribution in [-0.2, 0) is 19.7 Å². The van der Waals surface area contributed by atoms with Gasteiger partial charge in [-0.15, -0.1) is 0 Å². The number of para-hydroxylation sites is 1. The quantitative estimate of drug-likeness (QED) is 0.775. The molecule has 5 nitrogen and oxygen atoms in total. The van der Waals surface area contributed by atoms with Gasteiger partial charge >= 0.3 is 5.97 Å². The van der Waals surface area contributed by atoms with Crippen LogP contribution in [0.5, 0.6) is 5.75 Å². The van der Waals surface area contributed by atoms with Crippen LogP contribution in [-0.4, -0.2) is 31.9 Å². The Morgan fingerprint density at radius 2 is 2.12 bits per heavy atom. The van der Waals surface area contributed by atoms with E-state index in [1.807, 2.05) is 38.1 Å². The molecule has 2 rings (SSSR count). The molecule has 0 N–H and O–H groups in total. The lowest BCUT2D eigenvalue weighted by Gasteiger charge is -2.47. The third kappa shape index (κ3) is 3.39. The molecule has 0 saturated carbocycles. The molecule has 5 heteroatoms. The van der Waals surface area contributed by atoms with Crippen LogP contribution >= 0.6 is 0 Å². The third-order valence-corrected chi connectivity index (χ3v) is 4.63. The molecule has 2 atom stereocenters. The second-order valence-corrected chi connectivity index (χ2v) is 6.71. The van der Waals surface area contributed by atoms with Gasteiger partial charge < -0.3 is 14.2 Å². The molecule has 1 fully saturated rings. The second-order valence-electron chi connectivity index (χ2n) is 6.71. The fourth-order valence-electron chi connectivity index (χ4n) is 3.72. The first-order chi connectivity index (χ1) is 11.4. The van der Waals surface area contributed by atoms with Crippen LogP contribution in [0, 0.1) is 17.2 Å². The Morgan fingerprint density at radius 3 is 2.71 bits per heavy atom. The number of methoxy groups -OCH3 is 1. The van der Waals surface area contributed by atoms with Crippen LogP contribution < -0.4 is 4.74 Å². The Labute approximate surface area is 143 Å². The van der Waals surface area contributed by atoms with Crippen LogP contribution in [0.3, 0.4) is 0 Å².